The van der Waals surface area contributed by atoms with Gasteiger partial charge in [-0.1, -0.05) is 11.6 Å². The molecule has 0 spiro atoms. The molecule has 4 nitrogen and oxygen atoms in total. The Morgan fingerprint density at radius 1 is 1.25 bits per heavy atom. The Morgan fingerprint density at radius 2 is 2.05 bits per heavy atom. The number of nitriles is 1. The maximum absolute atomic E-state index is 14.1. The highest BCUT2D eigenvalue weighted by atomic mass is 35.5. The molecule has 0 aliphatic rings. The summed E-state index contributed by atoms with van der Waals surface area (Å²) in [5.74, 6) is -0.359. The van der Waals surface area contributed by atoms with Crippen LogP contribution in [0.3, 0.4) is 0 Å². The van der Waals surface area contributed by atoms with E-state index in [-0.39, 0.29) is 11.6 Å². The van der Waals surface area contributed by atoms with Gasteiger partial charge in [-0.2, -0.15) is 5.26 Å². The van der Waals surface area contributed by atoms with Crippen LogP contribution in [0.1, 0.15) is 5.56 Å². The minimum atomic E-state index is -0.508. The van der Waals surface area contributed by atoms with Crippen molar-refractivity contribution in [2.24, 2.45) is 0 Å². The topological polar surface area (TPSA) is 67.6 Å². The van der Waals surface area contributed by atoms with E-state index in [1.54, 1.807) is 24.3 Å². The lowest BCUT2D eigenvalue weighted by atomic mass is 10.2. The Labute approximate surface area is 118 Å². The molecule has 0 aliphatic heterocycles. The fourth-order valence-corrected chi connectivity index (χ4v) is 2.24. The number of hydrogen-bond donors (Lipinski definition) is 1. The highest BCUT2D eigenvalue weighted by Crippen LogP contribution is 2.27. The summed E-state index contributed by atoms with van der Waals surface area (Å²) in [6.07, 6.45) is 0. The molecule has 0 unspecified atom stereocenters. The minimum Gasteiger partial charge on any atom is -0.369 e. The van der Waals surface area contributed by atoms with Crippen LogP contribution in [0.25, 0.3) is 16.7 Å². The van der Waals surface area contributed by atoms with Gasteiger partial charge in [0.2, 0.25) is 5.95 Å². The number of halogens is 2. The molecule has 3 aromatic rings. The van der Waals surface area contributed by atoms with Gasteiger partial charge in [0.1, 0.15) is 5.82 Å². The average molecular weight is 287 g/mol. The molecule has 20 heavy (non-hydrogen) atoms. The van der Waals surface area contributed by atoms with Gasteiger partial charge in [0.15, 0.2) is 0 Å². The number of benzene rings is 2. The second-order valence-electron chi connectivity index (χ2n) is 4.22. The van der Waals surface area contributed by atoms with Crippen LogP contribution in [0, 0.1) is 17.1 Å². The molecule has 0 fully saturated rings. The third-order valence-corrected chi connectivity index (χ3v) is 3.20. The van der Waals surface area contributed by atoms with E-state index in [1.165, 1.54) is 16.7 Å². The Hall–Kier alpha value is -2.58. The summed E-state index contributed by atoms with van der Waals surface area (Å²) < 4.78 is 15.5. The lowest BCUT2D eigenvalue weighted by Gasteiger charge is -2.08. The van der Waals surface area contributed by atoms with E-state index in [9.17, 15) is 4.39 Å². The molecular formula is C14H8ClFN4. The van der Waals surface area contributed by atoms with E-state index in [0.29, 0.717) is 21.6 Å². The van der Waals surface area contributed by atoms with Gasteiger partial charge in [-0.3, -0.25) is 4.57 Å². The largest absolute Gasteiger partial charge is 0.369 e. The van der Waals surface area contributed by atoms with Crippen LogP contribution in [0.15, 0.2) is 36.4 Å². The van der Waals surface area contributed by atoms with Crippen LogP contribution in [0.4, 0.5) is 10.3 Å². The molecule has 1 aromatic heterocycles. The second kappa shape index (κ2) is 4.51. The number of imidazole rings is 1. The number of nitrogens with zero attached hydrogens (tertiary/aromatic N) is 3. The standard InChI is InChI=1S/C14H8ClFN4/c15-9-2-4-12(10(16)6-9)20-13-5-8(7-17)1-3-11(13)19-14(20)18/h1-6H,(H2,18,19). The zero-order valence-corrected chi connectivity index (χ0v) is 10.9. The molecule has 3 rings (SSSR count). The van der Waals surface area contributed by atoms with Crippen LogP contribution < -0.4 is 5.73 Å². The smallest absolute Gasteiger partial charge is 0.206 e. The summed E-state index contributed by atoms with van der Waals surface area (Å²) in [5.41, 5.74) is 7.71. The van der Waals surface area contributed by atoms with Crippen LogP contribution in [-0.2, 0) is 0 Å². The Kier molecular flexibility index (Phi) is 2.81. The van der Waals surface area contributed by atoms with Gasteiger partial charge in [0.05, 0.1) is 28.4 Å². The molecule has 0 bridgehead atoms. The van der Waals surface area contributed by atoms with E-state index in [2.05, 4.69) is 4.98 Å². The van der Waals surface area contributed by atoms with Crippen LogP contribution in [0.5, 0.6) is 0 Å². The SMILES string of the molecule is N#Cc1ccc2nc(N)n(-c3ccc(Cl)cc3F)c2c1. The number of anilines is 1. The maximum Gasteiger partial charge on any atom is 0.206 e. The first-order chi connectivity index (χ1) is 9.60. The summed E-state index contributed by atoms with van der Waals surface area (Å²) in [6, 6.07) is 11.3. The number of fused-ring (bicyclic) bond motifs is 1. The molecule has 0 aliphatic carbocycles. The van der Waals surface area contributed by atoms with Gasteiger partial charge < -0.3 is 5.73 Å². The van der Waals surface area contributed by atoms with Gasteiger partial charge >= 0.3 is 0 Å². The molecule has 0 saturated heterocycles. The van der Waals surface area contributed by atoms with Gasteiger partial charge in [-0.25, -0.2) is 9.37 Å². The third kappa shape index (κ3) is 1.87. The van der Waals surface area contributed by atoms with Gasteiger partial charge in [-0.15, -0.1) is 0 Å². The summed E-state index contributed by atoms with van der Waals surface area (Å²) in [5, 5.41) is 9.25. The molecule has 0 saturated carbocycles. The maximum atomic E-state index is 14.1. The first-order valence-corrected chi connectivity index (χ1v) is 6.11. The summed E-state index contributed by atoms with van der Waals surface area (Å²) in [4.78, 5) is 4.16. The van der Waals surface area contributed by atoms with Crippen molar-refractivity contribution >= 4 is 28.6 Å². The predicted octanol–water partition coefficient (Wildman–Crippen LogP) is 3.27. The van der Waals surface area contributed by atoms with Crippen molar-refractivity contribution < 1.29 is 4.39 Å². The Morgan fingerprint density at radius 3 is 2.75 bits per heavy atom. The van der Waals surface area contributed by atoms with E-state index in [4.69, 9.17) is 22.6 Å². The number of hydrogen-bond acceptors (Lipinski definition) is 3. The second-order valence-corrected chi connectivity index (χ2v) is 4.65. The normalized spacial score (nSPS) is 10.7. The zero-order chi connectivity index (χ0) is 14.3. The Balaban J connectivity index is 2.35. The summed E-state index contributed by atoms with van der Waals surface area (Å²) in [6.45, 7) is 0. The predicted molar refractivity (Wildman–Crippen MR) is 75.2 cm³/mol. The van der Waals surface area contributed by atoms with Gasteiger partial charge in [0.25, 0.3) is 0 Å². The van der Waals surface area contributed by atoms with E-state index in [1.807, 2.05) is 6.07 Å². The van der Waals surface area contributed by atoms with Crippen molar-refractivity contribution in [3.05, 3.63) is 52.8 Å². The lowest BCUT2D eigenvalue weighted by molar-refractivity contribution is 0.620. The average Bonchev–Trinajstić information content (AvgIpc) is 2.74. The first-order valence-electron chi connectivity index (χ1n) is 5.73. The van der Waals surface area contributed by atoms with Crippen molar-refractivity contribution in [3.63, 3.8) is 0 Å². The molecule has 2 aromatic carbocycles. The van der Waals surface area contributed by atoms with E-state index >= 15 is 0 Å². The van der Waals surface area contributed by atoms with Crippen molar-refractivity contribution in [1.82, 2.24) is 9.55 Å². The zero-order valence-electron chi connectivity index (χ0n) is 10.1. The highest BCUT2D eigenvalue weighted by Gasteiger charge is 2.14. The molecule has 0 radical (unpaired) electrons. The van der Waals surface area contributed by atoms with E-state index < -0.39 is 5.82 Å². The fraction of sp³-hybridized carbons (Fsp3) is 0. The van der Waals surface area contributed by atoms with Crippen LogP contribution >= 0.6 is 11.6 Å². The minimum absolute atomic E-state index is 0.149. The van der Waals surface area contributed by atoms with Crippen molar-refractivity contribution in [2.45, 2.75) is 0 Å². The Bertz CT molecular complexity index is 863. The van der Waals surface area contributed by atoms with Crippen LogP contribution in [0.2, 0.25) is 5.02 Å². The third-order valence-electron chi connectivity index (χ3n) is 2.96. The summed E-state index contributed by atoms with van der Waals surface area (Å²) >= 11 is 5.74. The molecule has 0 atom stereocenters. The molecule has 6 heteroatoms. The van der Waals surface area contributed by atoms with Crippen LogP contribution in [-0.4, -0.2) is 9.55 Å². The van der Waals surface area contributed by atoms with Crippen molar-refractivity contribution in [2.75, 3.05) is 5.73 Å². The highest BCUT2D eigenvalue weighted by molar-refractivity contribution is 6.30. The first kappa shape index (κ1) is 12.5. The molecule has 0 amide bonds. The van der Waals surface area contributed by atoms with Crippen molar-refractivity contribution in [3.8, 4) is 11.8 Å². The van der Waals surface area contributed by atoms with Gasteiger partial charge in [0, 0.05) is 5.02 Å². The quantitative estimate of drug-likeness (QED) is 0.746. The fourth-order valence-electron chi connectivity index (χ4n) is 2.08. The lowest BCUT2D eigenvalue weighted by Crippen LogP contribution is -2.03. The number of nitrogens with two attached hydrogens (primary N) is 1. The number of nitrogen functional groups attached to an aromatic ring is 1. The van der Waals surface area contributed by atoms with Crippen molar-refractivity contribution in [1.29, 1.82) is 5.26 Å². The number of aromatic nitrogens is 2. The van der Waals surface area contributed by atoms with Gasteiger partial charge in [-0.05, 0) is 36.4 Å². The molecular weight excluding hydrogens is 279 g/mol. The molecule has 1 heterocycles. The summed E-state index contributed by atoms with van der Waals surface area (Å²) in [7, 11) is 0. The monoisotopic (exact) mass is 286 g/mol. The van der Waals surface area contributed by atoms with E-state index in [0.717, 1.165) is 0 Å². The molecule has 98 valence electrons. The molecule has 2 N–H and O–H groups in total. The number of rotatable bonds is 1.